The second-order valence-corrected chi connectivity index (χ2v) is 3.26. The van der Waals surface area contributed by atoms with Crippen LogP contribution in [-0.4, -0.2) is 20.5 Å². The second kappa shape index (κ2) is 3.74. The molecule has 0 aromatic carbocycles. The van der Waals surface area contributed by atoms with Gasteiger partial charge in [0, 0.05) is 12.4 Å². The van der Waals surface area contributed by atoms with Gasteiger partial charge in [-0.15, -0.1) is 0 Å². The number of hydrogen-bond donors (Lipinski definition) is 2. The molecule has 0 aliphatic heterocycles. The van der Waals surface area contributed by atoms with Crippen molar-refractivity contribution in [2.24, 2.45) is 5.73 Å². The summed E-state index contributed by atoms with van der Waals surface area (Å²) >= 11 is 0. The minimum absolute atomic E-state index is 0.0313. The average molecular weight is 219 g/mol. The maximum absolute atomic E-state index is 11.9. The van der Waals surface area contributed by atoms with Crippen LogP contribution < -0.4 is 11.3 Å². The summed E-state index contributed by atoms with van der Waals surface area (Å²) in [5.74, 6) is -1.25. The molecule has 3 N–H and O–H groups in total. The predicted molar refractivity (Wildman–Crippen MR) is 56.0 cm³/mol. The minimum atomic E-state index is -1.35. The van der Waals surface area contributed by atoms with Gasteiger partial charge < -0.3 is 10.8 Å². The number of aliphatic carboxylic acids is 1. The molecule has 2 aromatic heterocycles. The summed E-state index contributed by atoms with van der Waals surface area (Å²) in [6, 6.07) is 3.69. The summed E-state index contributed by atoms with van der Waals surface area (Å²) in [7, 11) is 0. The summed E-state index contributed by atoms with van der Waals surface area (Å²) in [4.78, 5) is 26.5. The van der Waals surface area contributed by atoms with Crippen LogP contribution in [0.25, 0.3) is 5.65 Å². The molecule has 0 amide bonds. The number of aromatic nitrogens is 2. The molecule has 2 heterocycles. The molecule has 0 fully saturated rings. The van der Waals surface area contributed by atoms with Gasteiger partial charge in [0.1, 0.15) is 11.7 Å². The van der Waals surface area contributed by atoms with Crippen molar-refractivity contribution in [1.29, 1.82) is 0 Å². The Morgan fingerprint density at radius 3 is 2.94 bits per heavy atom. The van der Waals surface area contributed by atoms with E-state index in [-0.39, 0.29) is 5.56 Å². The van der Waals surface area contributed by atoms with Crippen LogP contribution in [0.2, 0.25) is 0 Å². The summed E-state index contributed by atoms with van der Waals surface area (Å²) in [6.07, 6.45) is 2.72. The summed E-state index contributed by atoms with van der Waals surface area (Å²) in [6.45, 7) is 0. The lowest BCUT2D eigenvalue weighted by molar-refractivity contribution is -0.138. The Morgan fingerprint density at radius 1 is 1.50 bits per heavy atom. The molecule has 0 spiro atoms. The third-order valence-electron chi connectivity index (χ3n) is 2.24. The molecule has 0 aliphatic carbocycles. The van der Waals surface area contributed by atoms with Crippen LogP contribution in [0.4, 0.5) is 0 Å². The fourth-order valence-corrected chi connectivity index (χ4v) is 1.39. The quantitative estimate of drug-likeness (QED) is 0.727. The number of rotatable bonds is 2. The van der Waals surface area contributed by atoms with Crippen molar-refractivity contribution in [2.75, 3.05) is 0 Å². The Kier molecular flexibility index (Phi) is 2.41. The van der Waals surface area contributed by atoms with Crippen LogP contribution in [0.5, 0.6) is 0 Å². The Bertz CT molecular complexity index is 606. The number of carbonyl (C=O) groups is 1. The molecule has 16 heavy (non-hydrogen) atoms. The van der Waals surface area contributed by atoms with Gasteiger partial charge in [0.15, 0.2) is 0 Å². The van der Waals surface area contributed by atoms with Crippen molar-refractivity contribution >= 4 is 11.6 Å². The fourth-order valence-electron chi connectivity index (χ4n) is 1.39. The SMILES string of the molecule is N[C@H](C(=O)O)c1cnc2ccccn2c1=O. The number of hydrogen-bond acceptors (Lipinski definition) is 4. The van der Waals surface area contributed by atoms with E-state index in [1.807, 2.05) is 0 Å². The highest BCUT2D eigenvalue weighted by molar-refractivity contribution is 5.75. The highest BCUT2D eigenvalue weighted by Crippen LogP contribution is 2.05. The van der Waals surface area contributed by atoms with Crippen molar-refractivity contribution in [2.45, 2.75) is 6.04 Å². The van der Waals surface area contributed by atoms with Gasteiger partial charge in [0.05, 0.1) is 5.56 Å². The Labute approximate surface area is 90.0 Å². The van der Waals surface area contributed by atoms with Crippen molar-refractivity contribution in [3.05, 3.63) is 46.5 Å². The smallest absolute Gasteiger partial charge is 0.325 e. The normalized spacial score (nSPS) is 12.6. The van der Waals surface area contributed by atoms with Crippen LogP contribution in [0.3, 0.4) is 0 Å². The van der Waals surface area contributed by atoms with Crippen LogP contribution in [-0.2, 0) is 4.79 Å². The number of nitrogens with zero attached hydrogens (tertiary/aromatic N) is 2. The van der Waals surface area contributed by atoms with Crippen molar-refractivity contribution in [3.8, 4) is 0 Å². The van der Waals surface area contributed by atoms with E-state index in [1.54, 1.807) is 18.2 Å². The third-order valence-corrected chi connectivity index (χ3v) is 2.24. The lowest BCUT2D eigenvalue weighted by Gasteiger charge is -2.06. The first kappa shape index (κ1) is 10.3. The highest BCUT2D eigenvalue weighted by atomic mass is 16.4. The van der Waals surface area contributed by atoms with Gasteiger partial charge in [0.2, 0.25) is 0 Å². The Hall–Kier alpha value is -2.21. The van der Waals surface area contributed by atoms with Gasteiger partial charge >= 0.3 is 5.97 Å². The maximum Gasteiger partial charge on any atom is 0.325 e. The molecular weight excluding hydrogens is 210 g/mol. The highest BCUT2D eigenvalue weighted by Gasteiger charge is 2.19. The molecule has 0 aliphatic rings. The van der Waals surface area contributed by atoms with Gasteiger partial charge in [-0.1, -0.05) is 6.07 Å². The van der Waals surface area contributed by atoms with Crippen LogP contribution >= 0.6 is 0 Å². The zero-order chi connectivity index (χ0) is 11.7. The van der Waals surface area contributed by atoms with Crippen LogP contribution in [0, 0.1) is 0 Å². The summed E-state index contributed by atoms with van der Waals surface area (Å²) in [5, 5.41) is 8.73. The molecule has 0 bridgehead atoms. The van der Waals surface area contributed by atoms with E-state index in [1.165, 1.54) is 16.8 Å². The number of nitrogens with two attached hydrogens (primary N) is 1. The molecule has 0 saturated carbocycles. The van der Waals surface area contributed by atoms with Gasteiger partial charge in [-0.3, -0.25) is 14.0 Å². The standard InChI is InChI=1S/C10H9N3O3/c11-8(10(15)16)6-5-12-7-3-1-2-4-13(7)9(6)14/h1-5,8H,11H2,(H,15,16)/t8-/m0/s1. The van der Waals surface area contributed by atoms with Gasteiger partial charge in [-0.2, -0.15) is 0 Å². The first-order valence-electron chi connectivity index (χ1n) is 4.56. The Balaban J connectivity index is 2.70. The van der Waals surface area contributed by atoms with Crippen molar-refractivity contribution < 1.29 is 9.90 Å². The lowest BCUT2D eigenvalue weighted by Crippen LogP contribution is -2.30. The molecule has 2 aromatic rings. The van der Waals surface area contributed by atoms with Crippen LogP contribution in [0.15, 0.2) is 35.4 Å². The van der Waals surface area contributed by atoms with E-state index in [0.717, 1.165) is 0 Å². The topological polar surface area (TPSA) is 97.7 Å². The first-order valence-corrected chi connectivity index (χ1v) is 4.56. The molecule has 0 radical (unpaired) electrons. The van der Waals surface area contributed by atoms with E-state index in [2.05, 4.69) is 4.98 Å². The first-order chi connectivity index (χ1) is 7.61. The molecule has 0 unspecified atom stereocenters. The third kappa shape index (κ3) is 1.55. The second-order valence-electron chi connectivity index (χ2n) is 3.26. The van der Waals surface area contributed by atoms with E-state index in [0.29, 0.717) is 5.65 Å². The summed E-state index contributed by atoms with van der Waals surface area (Å²) < 4.78 is 1.26. The number of carboxylic acid groups (broad SMARTS) is 1. The molecule has 6 heteroatoms. The van der Waals surface area contributed by atoms with E-state index < -0.39 is 17.6 Å². The monoisotopic (exact) mass is 219 g/mol. The van der Waals surface area contributed by atoms with E-state index >= 15 is 0 Å². The van der Waals surface area contributed by atoms with E-state index in [4.69, 9.17) is 10.8 Å². The number of carboxylic acids is 1. The molecule has 0 saturated heterocycles. The van der Waals surface area contributed by atoms with Crippen LogP contribution in [0.1, 0.15) is 11.6 Å². The van der Waals surface area contributed by atoms with E-state index in [9.17, 15) is 9.59 Å². The molecule has 6 nitrogen and oxygen atoms in total. The largest absolute Gasteiger partial charge is 0.480 e. The van der Waals surface area contributed by atoms with Gasteiger partial charge in [-0.05, 0) is 12.1 Å². The zero-order valence-corrected chi connectivity index (χ0v) is 8.20. The molecular formula is C10H9N3O3. The summed E-state index contributed by atoms with van der Waals surface area (Å²) in [5.41, 5.74) is 5.34. The van der Waals surface area contributed by atoms with Crippen molar-refractivity contribution in [1.82, 2.24) is 9.38 Å². The maximum atomic E-state index is 11.9. The molecule has 82 valence electrons. The minimum Gasteiger partial charge on any atom is -0.480 e. The Morgan fingerprint density at radius 2 is 2.25 bits per heavy atom. The van der Waals surface area contributed by atoms with Crippen molar-refractivity contribution in [3.63, 3.8) is 0 Å². The zero-order valence-electron chi connectivity index (χ0n) is 8.20. The van der Waals surface area contributed by atoms with Gasteiger partial charge in [-0.25, -0.2) is 4.98 Å². The number of pyridine rings is 1. The fraction of sp³-hybridized carbons (Fsp3) is 0.100. The molecule has 1 atom stereocenters. The number of fused-ring (bicyclic) bond motifs is 1. The average Bonchev–Trinajstić information content (AvgIpc) is 2.29. The predicted octanol–water partition coefficient (Wildman–Crippen LogP) is -0.221. The lowest BCUT2D eigenvalue weighted by atomic mass is 10.1. The van der Waals surface area contributed by atoms with Gasteiger partial charge in [0.25, 0.3) is 5.56 Å². The molecule has 2 rings (SSSR count).